The summed E-state index contributed by atoms with van der Waals surface area (Å²) in [6.07, 6.45) is 1.93. The fourth-order valence-corrected chi connectivity index (χ4v) is 3.05. The molecule has 5 heteroatoms. The predicted molar refractivity (Wildman–Crippen MR) is 70.6 cm³/mol. The largest absolute Gasteiger partial charge is 0.398 e. The van der Waals surface area contributed by atoms with Crippen molar-refractivity contribution in [3.05, 3.63) is 23.8 Å². The van der Waals surface area contributed by atoms with Crippen molar-refractivity contribution >= 4 is 27.3 Å². The van der Waals surface area contributed by atoms with Crippen LogP contribution in [0.25, 0.3) is 0 Å². The molecule has 2 N–H and O–H groups in total. The Bertz CT molecular complexity index is 455. The molecule has 0 heterocycles. The minimum atomic E-state index is -2.84. The highest BCUT2D eigenvalue weighted by molar-refractivity contribution is 7.99. The normalized spacial score (nSPS) is 11.6. The maximum absolute atomic E-state index is 10.9. The van der Waals surface area contributed by atoms with E-state index in [1.165, 1.54) is 6.26 Å². The van der Waals surface area contributed by atoms with E-state index >= 15 is 0 Å². The molecule has 0 saturated carbocycles. The highest BCUT2D eigenvalue weighted by atomic mass is 32.2. The molecule has 0 saturated heterocycles. The standard InChI is InChI=1S/C11H17NO2S2/c1-9-4-5-11(10(12)8-9)15-6-3-7-16(2,13)14/h4-5,8H,3,6-7,12H2,1-2H3. The van der Waals surface area contributed by atoms with Crippen molar-refractivity contribution in [2.75, 3.05) is 23.5 Å². The Morgan fingerprint density at radius 1 is 1.38 bits per heavy atom. The van der Waals surface area contributed by atoms with Crippen LogP contribution in [0.15, 0.2) is 23.1 Å². The van der Waals surface area contributed by atoms with Gasteiger partial charge in [0.15, 0.2) is 0 Å². The average molecular weight is 259 g/mol. The van der Waals surface area contributed by atoms with Crippen LogP contribution in [0.4, 0.5) is 5.69 Å². The molecule has 1 aromatic rings. The van der Waals surface area contributed by atoms with Gasteiger partial charge in [-0.1, -0.05) is 6.07 Å². The molecule has 0 fully saturated rings. The summed E-state index contributed by atoms with van der Waals surface area (Å²) in [7, 11) is -2.84. The number of sulfone groups is 1. The third-order valence-electron chi connectivity index (χ3n) is 2.08. The monoisotopic (exact) mass is 259 g/mol. The predicted octanol–water partition coefficient (Wildman–Crippen LogP) is 2.10. The van der Waals surface area contributed by atoms with Crippen LogP contribution >= 0.6 is 11.8 Å². The molecule has 0 aliphatic heterocycles. The Balaban J connectivity index is 2.43. The zero-order valence-electron chi connectivity index (χ0n) is 9.56. The topological polar surface area (TPSA) is 60.2 Å². The van der Waals surface area contributed by atoms with Crippen LogP contribution in [0.2, 0.25) is 0 Å². The summed E-state index contributed by atoms with van der Waals surface area (Å²) < 4.78 is 21.8. The molecule has 1 rings (SSSR count). The lowest BCUT2D eigenvalue weighted by Gasteiger charge is -2.05. The number of aryl methyl sites for hydroxylation is 1. The minimum Gasteiger partial charge on any atom is -0.398 e. The van der Waals surface area contributed by atoms with E-state index in [9.17, 15) is 8.42 Å². The number of thioether (sulfide) groups is 1. The van der Waals surface area contributed by atoms with Gasteiger partial charge in [0, 0.05) is 16.8 Å². The van der Waals surface area contributed by atoms with Gasteiger partial charge < -0.3 is 5.73 Å². The van der Waals surface area contributed by atoms with E-state index in [2.05, 4.69) is 0 Å². The van der Waals surface area contributed by atoms with E-state index in [1.54, 1.807) is 11.8 Å². The van der Waals surface area contributed by atoms with Crippen LogP contribution in [0.1, 0.15) is 12.0 Å². The number of hydrogen-bond donors (Lipinski definition) is 1. The molecule has 0 amide bonds. The van der Waals surface area contributed by atoms with Gasteiger partial charge in [0.2, 0.25) is 0 Å². The highest BCUT2D eigenvalue weighted by Crippen LogP contribution is 2.26. The van der Waals surface area contributed by atoms with Crippen molar-refractivity contribution < 1.29 is 8.42 Å². The Kier molecular flexibility index (Phi) is 4.68. The zero-order chi connectivity index (χ0) is 12.2. The Labute approximate surface area is 101 Å². The van der Waals surface area contributed by atoms with Gasteiger partial charge in [0.25, 0.3) is 0 Å². The van der Waals surface area contributed by atoms with Gasteiger partial charge in [0.05, 0.1) is 5.75 Å². The molecule has 0 aliphatic rings. The highest BCUT2D eigenvalue weighted by Gasteiger charge is 2.03. The van der Waals surface area contributed by atoms with Crippen LogP contribution in [0, 0.1) is 6.92 Å². The summed E-state index contributed by atoms with van der Waals surface area (Å²) in [5.74, 6) is 1.02. The van der Waals surface area contributed by atoms with Gasteiger partial charge in [-0.3, -0.25) is 0 Å². The van der Waals surface area contributed by atoms with Gasteiger partial charge in [0.1, 0.15) is 9.84 Å². The summed E-state index contributed by atoms with van der Waals surface area (Å²) in [4.78, 5) is 1.03. The lowest BCUT2D eigenvalue weighted by atomic mass is 10.2. The lowest BCUT2D eigenvalue weighted by Crippen LogP contribution is -2.03. The first-order chi connectivity index (χ1) is 7.38. The molecule has 1 aromatic carbocycles. The zero-order valence-corrected chi connectivity index (χ0v) is 11.2. The number of rotatable bonds is 5. The van der Waals surface area contributed by atoms with Crippen LogP contribution < -0.4 is 5.73 Å². The van der Waals surface area contributed by atoms with E-state index in [0.29, 0.717) is 6.42 Å². The van der Waals surface area contributed by atoms with Gasteiger partial charge in [-0.15, -0.1) is 11.8 Å². The molecular formula is C11H17NO2S2. The summed E-state index contributed by atoms with van der Waals surface area (Å²) in [6, 6.07) is 5.92. The van der Waals surface area contributed by atoms with Crippen molar-refractivity contribution in [2.45, 2.75) is 18.2 Å². The van der Waals surface area contributed by atoms with Crippen LogP contribution in [-0.2, 0) is 9.84 Å². The molecule has 16 heavy (non-hydrogen) atoms. The number of hydrogen-bond acceptors (Lipinski definition) is 4. The third-order valence-corrected chi connectivity index (χ3v) is 4.29. The third kappa shape index (κ3) is 4.90. The number of nitrogens with two attached hydrogens (primary N) is 1. The first-order valence-electron chi connectivity index (χ1n) is 5.05. The number of nitrogen functional groups attached to an aromatic ring is 1. The molecule has 0 atom stereocenters. The fraction of sp³-hybridized carbons (Fsp3) is 0.455. The van der Waals surface area contributed by atoms with Crippen LogP contribution in [0.5, 0.6) is 0 Å². The summed E-state index contributed by atoms with van der Waals surface area (Å²) >= 11 is 1.61. The molecule has 0 spiro atoms. The van der Waals surface area contributed by atoms with E-state index in [1.807, 2.05) is 25.1 Å². The number of benzene rings is 1. The molecular weight excluding hydrogens is 242 g/mol. The van der Waals surface area contributed by atoms with Gasteiger partial charge in [-0.2, -0.15) is 0 Å². The summed E-state index contributed by atoms with van der Waals surface area (Å²) in [5, 5.41) is 0. The van der Waals surface area contributed by atoms with Crippen molar-refractivity contribution in [3.63, 3.8) is 0 Å². The first kappa shape index (κ1) is 13.4. The van der Waals surface area contributed by atoms with Gasteiger partial charge in [-0.25, -0.2) is 8.42 Å². The second-order valence-electron chi connectivity index (χ2n) is 3.87. The first-order valence-corrected chi connectivity index (χ1v) is 8.10. The Morgan fingerprint density at radius 3 is 2.62 bits per heavy atom. The second kappa shape index (κ2) is 5.59. The average Bonchev–Trinajstić information content (AvgIpc) is 2.13. The Morgan fingerprint density at radius 2 is 2.06 bits per heavy atom. The van der Waals surface area contributed by atoms with Gasteiger partial charge >= 0.3 is 0 Å². The molecule has 0 aromatic heterocycles. The smallest absolute Gasteiger partial charge is 0.147 e. The molecule has 0 aliphatic carbocycles. The maximum Gasteiger partial charge on any atom is 0.147 e. The second-order valence-corrected chi connectivity index (χ2v) is 7.27. The van der Waals surface area contributed by atoms with Gasteiger partial charge in [-0.05, 0) is 36.8 Å². The van der Waals surface area contributed by atoms with Crippen molar-refractivity contribution in [2.24, 2.45) is 0 Å². The van der Waals surface area contributed by atoms with E-state index in [4.69, 9.17) is 5.73 Å². The molecule has 90 valence electrons. The summed E-state index contributed by atoms with van der Waals surface area (Å²) in [6.45, 7) is 1.99. The molecule has 0 radical (unpaired) electrons. The maximum atomic E-state index is 10.9. The van der Waals surface area contributed by atoms with E-state index in [-0.39, 0.29) is 5.75 Å². The molecule has 3 nitrogen and oxygen atoms in total. The molecule has 0 unspecified atom stereocenters. The molecule has 0 bridgehead atoms. The van der Waals surface area contributed by atoms with E-state index in [0.717, 1.165) is 21.9 Å². The minimum absolute atomic E-state index is 0.242. The van der Waals surface area contributed by atoms with Crippen molar-refractivity contribution in [3.8, 4) is 0 Å². The van der Waals surface area contributed by atoms with Crippen molar-refractivity contribution in [1.29, 1.82) is 0 Å². The van der Waals surface area contributed by atoms with Crippen LogP contribution in [-0.4, -0.2) is 26.2 Å². The van der Waals surface area contributed by atoms with Crippen molar-refractivity contribution in [1.82, 2.24) is 0 Å². The quantitative estimate of drug-likeness (QED) is 0.500. The van der Waals surface area contributed by atoms with Crippen LogP contribution in [0.3, 0.4) is 0 Å². The number of anilines is 1. The van der Waals surface area contributed by atoms with E-state index < -0.39 is 9.84 Å². The SMILES string of the molecule is Cc1ccc(SCCCS(C)(=O)=O)c(N)c1. The summed E-state index contributed by atoms with van der Waals surface area (Å²) in [5.41, 5.74) is 7.76. The fourth-order valence-electron chi connectivity index (χ4n) is 1.30. The lowest BCUT2D eigenvalue weighted by molar-refractivity contribution is 0.600. The Hall–Kier alpha value is -0.680.